The molecule has 0 radical (unpaired) electrons. The number of aromatic amines is 2. The number of anilines is 1. The molecule has 0 atom stereocenters. The Morgan fingerprint density at radius 3 is 2.70 bits per heavy atom. The maximum absolute atomic E-state index is 13.5. The molecule has 1 amide bonds. The number of alkyl halides is 2. The topological polar surface area (TPSA) is 95.7 Å². The third-order valence-electron chi connectivity index (χ3n) is 4.65. The quantitative estimate of drug-likeness (QED) is 0.445. The number of rotatable bonds is 5. The third kappa shape index (κ3) is 3.71. The molecule has 30 heavy (non-hydrogen) atoms. The Morgan fingerprint density at radius 2 is 2.00 bits per heavy atom. The Morgan fingerprint density at radius 1 is 1.20 bits per heavy atom. The van der Waals surface area contributed by atoms with Crippen LogP contribution in [0.4, 0.5) is 18.9 Å². The van der Waals surface area contributed by atoms with Gasteiger partial charge in [0, 0.05) is 28.3 Å². The van der Waals surface area contributed by atoms with Crippen LogP contribution in [0.15, 0.2) is 36.5 Å². The summed E-state index contributed by atoms with van der Waals surface area (Å²) in [4.78, 5) is 19.7. The van der Waals surface area contributed by atoms with Crippen LogP contribution in [0.2, 0.25) is 0 Å². The number of aryl methyl sites for hydroxylation is 1. The SMILES string of the molecule is Cc1[nH]nc(C(=O)Nc2cnc3[nH]c(-c4ccc(F)cc4OC(F)F)cc3c2)c1C. The highest BCUT2D eigenvalue weighted by Gasteiger charge is 2.17. The first-order valence-corrected chi connectivity index (χ1v) is 8.88. The summed E-state index contributed by atoms with van der Waals surface area (Å²) in [6.07, 6.45) is 1.45. The average Bonchev–Trinajstić information content (AvgIpc) is 3.24. The molecule has 0 fully saturated rings. The summed E-state index contributed by atoms with van der Waals surface area (Å²) in [6.45, 7) is 0.509. The lowest BCUT2D eigenvalue weighted by Crippen LogP contribution is -2.13. The molecule has 0 aliphatic rings. The Bertz CT molecular complexity index is 1250. The first-order valence-electron chi connectivity index (χ1n) is 8.88. The van der Waals surface area contributed by atoms with Crippen LogP contribution in [0.1, 0.15) is 21.7 Å². The summed E-state index contributed by atoms with van der Waals surface area (Å²) in [5, 5.41) is 10.1. The fraction of sp³-hybridized carbons (Fsp3) is 0.150. The maximum Gasteiger partial charge on any atom is 0.387 e. The predicted octanol–water partition coefficient (Wildman–Crippen LogP) is 4.56. The number of fused-ring (bicyclic) bond motifs is 1. The van der Waals surface area contributed by atoms with Gasteiger partial charge in [0.25, 0.3) is 5.91 Å². The Hall–Kier alpha value is -3.82. The molecule has 0 aliphatic carbocycles. The van der Waals surface area contributed by atoms with Gasteiger partial charge in [-0.05, 0) is 38.1 Å². The lowest BCUT2D eigenvalue weighted by molar-refractivity contribution is -0.0496. The molecule has 0 saturated carbocycles. The highest BCUT2D eigenvalue weighted by Crippen LogP contribution is 2.33. The van der Waals surface area contributed by atoms with Gasteiger partial charge in [0.15, 0.2) is 5.69 Å². The number of pyridine rings is 1. The van der Waals surface area contributed by atoms with Crippen LogP contribution in [-0.4, -0.2) is 32.7 Å². The van der Waals surface area contributed by atoms with E-state index in [-0.39, 0.29) is 22.9 Å². The minimum Gasteiger partial charge on any atom is -0.434 e. The zero-order valence-electron chi connectivity index (χ0n) is 15.9. The van der Waals surface area contributed by atoms with Crippen molar-refractivity contribution in [1.82, 2.24) is 20.2 Å². The van der Waals surface area contributed by atoms with E-state index in [0.29, 0.717) is 22.4 Å². The van der Waals surface area contributed by atoms with Crippen LogP contribution < -0.4 is 10.1 Å². The zero-order valence-corrected chi connectivity index (χ0v) is 15.9. The molecule has 0 unspecified atom stereocenters. The number of ether oxygens (including phenoxy) is 1. The summed E-state index contributed by atoms with van der Waals surface area (Å²) in [5.41, 5.74) is 3.38. The number of hydrogen-bond donors (Lipinski definition) is 3. The Balaban J connectivity index is 1.65. The molecule has 4 rings (SSSR count). The molecule has 3 N–H and O–H groups in total. The molecule has 10 heteroatoms. The number of benzene rings is 1. The summed E-state index contributed by atoms with van der Waals surface area (Å²) in [6, 6.07) is 6.69. The predicted molar refractivity (Wildman–Crippen MR) is 104 cm³/mol. The lowest BCUT2D eigenvalue weighted by atomic mass is 10.1. The molecular formula is C20H16F3N5O2. The van der Waals surface area contributed by atoms with Gasteiger partial charge >= 0.3 is 6.61 Å². The van der Waals surface area contributed by atoms with Crippen LogP contribution in [0, 0.1) is 19.7 Å². The number of carbonyl (C=O) groups excluding carboxylic acids is 1. The summed E-state index contributed by atoms with van der Waals surface area (Å²) in [5.74, 6) is -1.38. The van der Waals surface area contributed by atoms with Gasteiger partial charge in [-0.3, -0.25) is 9.89 Å². The molecule has 0 bridgehead atoms. The minimum atomic E-state index is -3.09. The number of halogens is 3. The minimum absolute atomic E-state index is 0.253. The van der Waals surface area contributed by atoms with Crippen molar-refractivity contribution in [1.29, 1.82) is 0 Å². The number of hydrogen-bond acceptors (Lipinski definition) is 4. The van der Waals surface area contributed by atoms with Crippen molar-refractivity contribution in [2.24, 2.45) is 0 Å². The van der Waals surface area contributed by atoms with Crippen molar-refractivity contribution in [2.45, 2.75) is 20.5 Å². The molecule has 3 aromatic heterocycles. The van der Waals surface area contributed by atoms with E-state index >= 15 is 0 Å². The van der Waals surface area contributed by atoms with Gasteiger partial charge in [-0.25, -0.2) is 9.37 Å². The van der Waals surface area contributed by atoms with E-state index in [9.17, 15) is 18.0 Å². The van der Waals surface area contributed by atoms with E-state index in [1.165, 1.54) is 12.3 Å². The molecular weight excluding hydrogens is 399 g/mol. The van der Waals surface area contributed by atoms with Gasteiger partial charge in [-0.1, -0.05) is 0 Å². The van der Waals surface area contributed by atoms with Crippen molar-refractivity contribution in [2.75, 3.05) is 5.32 Å². The summed E-state index contributed by atoms with van der Waals surface area (Å²) in [7, 11) is 0. The standard InChI is InChI=1S/C20H16F3N5O2/c1-9-10(2)27-28-17(9)19(29)25-13-5-11-6-15(26-18(11)24-8-13)14-4-3-12(21)7-16(14)30-20(22)23/h3-8,20H,1-2H3,(H,24,26)(H,25,29)(H,27,28). The van der Waals surface area contributed by atoms with Crippen LogP contribution in [0.5, 0.6) is 5.75 Å². The summed E-state index contributed by atoms with van der Waals surface area (Å²) >= 11 is 0. The normalized spacial score (nSPS) is 11.3. The molecule has 0 saturated heterocycles. The fourth-order valence-corrected chi connectivity index (χ4v) is 3.04. The molecule has 3 heterocycles. The third-order valence-corrected chi connectivity index (χ3v) is 4.65. The van der Waals surface area contributed by atoms with Gasteiger partial charge in [0.2, 0.25) is 0 Å². The van der Waals surface area contributed by atoms with Crippen molar-refractivity contribution in [3.05, 3.63) is 59.3 Å². The molecule has 4 aromatic rings. The largest absolute Gasteiger partial charge is 0.434 e. The van der Waals surface area contributed by atoms with E-state index in [0.717, 1.165) is 23.4 Å². The molecule has 154 valence electrons. The van der Waals surface area contributed by atoms with Crippen molar-refractivity contribution >= 4 is 22.6 Å². The van der Waals surface area contributed by atoms with E-state index in [2.05, 4.69) is 30.2 Å². The highest BCUT2D eigenvalue weighted by molar-refractivity contribution is 6.04. The van der Waals surface area contributed by atoms with Gasteiger partial charge in [-0.2, -0.15) is 13.9 Å². The zero-order chi connectivity index (χ0) is 21.4. The van der Waals surface area contributed by atoms with Gasteiger partial charge < -0.3 is 15.0 Å². The summed E-state index contributed by atoms with van der Waals surface area (Å²) < 4.78 is 43.3. The van der Waals surface area contributed by atoms with Crippen LogP contribution in [-0.2, 0) is 0 Å². The second-order valence-electron chi connectivity index (χ2n) is 6.64. The van der Waals surface area contributed by atoms with Crippen LogP contribution >= 0.6 is 0 Å². The number of H-pyrrole nitrogens is 2. The number of nitrogens with zero attached hydrogens (tertiary/aromatic N) is 2. The average molecular weight is 415 g/mol. The van der Waals surface area contributed by atoms with Crippen molar-refractivity contribution in [3.8, 4) is 17.0 Å². The lowest BCUT2D eigenvalue weighted by Gasteiger charge is -2.09. The van der Waals surface area contributed by atoms with Crippen LogP contribution in [0.25, 0.3) is 22.3 Å². The second kappa shape index (κ2) is 7.54. The first-order chi connectivity index (χ1) is 14.3. The van der Waals surface area contributed by atoms with Gasteiger partial charge in [-0.15, -0.1) is 0 Å². The monoisotopic (exact) mass is 415 g/mol. The van der Waals surface area contributed by atoms with E-state index in [1.54, 1.807) is 19.1 Å². The van der Waals surface area contributed by atoms with Crippen molar-refractivity contribution < 1.29 is 22.7 Å². The fourth-order valence-electron chi connectivity index (χ4n) is 3.04. The van der Waals surface area contributed by atoms with Gasteiger partial charge in [0.05, 0.1) is 17.6 Å². The maximum atomic E-state index is 13.5. The van der Waals surface area contributed by atoms with E-state index in [1.807, 2.05) is 6.92 Å². The van der Waals surface area contributed by atoms with E-state index in [4.69, 9.17) is 0 Å². The smallest absolute Gasteiger partial charge is 0.387 e. The molecule has 1 aromatic carbocycles. The number of aromatic nitrogens is 4. The highest BCUT2D eigenvalue weighted by atomic mass is 19.3. The molecule has 0 aliphatic heterocycles. The number of amides is 1. The molecule has 7 nitrogen and oxygen atoms in total. The van der Waals surface area contributed by atoms with Gasteiger partial charge in [0.1, 0.15) is 17.2 Å². The Labute approximate surface area is 168 Å². The van der Waals surface area contributed by atoms with Crippen LogP contribution in [0.3, 0.4) is 0 Å². The molecule has 0 spiro atoms. The number of nitrogens with one attached hydrogen (secondary N) is 3. The Kier molecular flexibility index (Phi) is 4.90. The second-order valence-corrected chi connectivity index (χ2v) is 6.64. The number of carbonyl (C=O) groups is 1. The van der Waals surface area contributed by atoms with Crippen molar-refractivity contribution in [3.63, 3.8) is 0 Å². The first kappa shape index (κ1) is 19.5. The van der Waals surface area contributed by atoms with E-state index < -0.39 is 12.4 Å².